The molecule has 1 N–H and O–H groups in total. The molecule has 0 rings (SSSR count). The van der Waals surface area contributed by atoms with Crippen LogP contribution in [0.4, 0.5) is 0 Å². The third-order valence-corrected chi connectivity index (χ3v) is 2.05. The fraction of sp³-hybridized carbons (Fsp3) is 0.833. The first-order chi connectivity index (χ1) is 7.30. The lowest BCUT2D eigenvalue weighted by atomic mass is 10.1. The summed E-state index contributed by atoms with van der Waals surface area (Å²) in [6.07, 6.45) is 1.33. The van der Waals surface area contributed by atoms with Crippen molar-refractivity contribution in [3.8, 4) is 0 Å². The van der Waals surface area contributed by atoms with Crippen LogP contribution in [-0.2, 0) is 9.59 Å². The lowest BCUT2D eigenvalue weighted by Gasteiger charge is -2.25. The molecule has 0 aromatic carbocycles. The van der Waals surface area contributed by atoms with E-state index in [1.54, 1.807) is 4.90 Å². The largest absolute Gasteiger partial charge is 0.350 e. The highest BCUT2D eigenvalue weighted by Gasteiger charge is 2.18. The molecule has 0 fully saturated rings. The van der Waals surface area contributed by atoms with Crippen LogP contribution in [0.1, 0.15) is 47.5 Å². The maximum atomic E-state index is 11.6. The molecule has 0 radical (unpaired) electrons. The highest BCUT2D eigenvalue weighted by Crippen LogP contribution is 2.01. The second-order valence-corrected chi connectivity index (χ2v) is 4.96. The van der Waals surface area contributed by atoms with Crippen molar-refractivity contribution >= 4 is 11.8 Å². The van der Waals surface area contributed by atoms with Gasteiger partial charge in [0.2, 0.25) is 11.8 Å². The van der Waals surface area contributed by atoms with Crippen LogP contribution in [0, 0.1) is 0 Å². The zero-order valence-corrected chi connectivity index (χ0v) is 11.1. The Morgan fingerprint density at radius 3 is 2.12 bits per heavy atom. The third-order valence-electron chi connectivity index (χ3n) is 2.05. The molecule has 0 aromatic rings. The fourth-order valence-corrected chi connectivity index (χ4v) is 1.38. The molecule has 0 spiro atoms. The van der Waals surface area contributed by atoms with E-state index in [1.807, 2.05) is 34.6 Å². The Bertz CT molecular complexity index is 244. The van der Waals surface area contributed by atoms with Gasteiger partial charge in [0.25, 0.3) is 0 Å². The second kappa shape index (κ2) is 6.51. The minimum atomic E-state index is -0.246. The first-order valence-electron chi connectivity index (χ1n) is 5.89. The Hall–Kier alpha value is -1.06. The number of nitrogens with zero attached hydrogens (tertiary/aromatic N) is 1. The molecule has 16 heavy (non-hydrogen) atoms. The fourth-order valence-electron chi connectivity index (χ4n) is 1.38. The molecule has 0 atom stereocenters. The molecule has 0 saturated carbocycles. The van der Waals surface area contributed by atoms with E-state index in [9.17, 15) is 9.59 Å². The lowest BCUT2D eigenvalue weighted by Crippen LogP contribution is -2.47. The average Bonchev–Trinajstić information content (AvgIpc) is 2.11. The number of nitrogens with one attached hydrogen (secondary N) is 1. The van der Waals surface area contributed by atoms with E-state index in [0.29, 0.717) is 13.0 Å². The van der Waals surface area contributed by atoms with E-state index < -0.39 is 0 Å². The topological polar surface area (TPSA) is 49.4 Å². The van der Waals surface area contributed by atoms with E-state index in [2.05, 4.69) is 5.32 Å². The minimum Gasteiger partial charge on any atom is -0.350 e. The Balaban J connectivity index is 4.22. The monoisotopic (exact) mass is 228 g/mol. The van der Waals surface area contributed by atoms with E-state index in [4.69, 9.17) is 0 Å². The van der Waals surface area contributed by atoms with E-state index in [1.165, 1.54) is 0 Å². The van der Waals surface area contributed by atoms with Gasteiger partial charge in [-0.15, -0.1) is 0 Å². The van der Waals surface area contributed by atoms with Crippen molar-refractivity contribution < 1.29 is 9.59 Å². The normalized spacial score (nSPS) is 11.1. The smallest absolute Gasteiger partial charge is 0.240 e. The van der Waals surface area contributed by atoms with Crippen molar-refractivity contribution in [2.24, 2.45) is 0 Å². The van der Waals surface area contributed by atoms with Crippen molar-refractivity contribution in [2.75, 3.05) is 13.1 Å². The Morgan fingerprint density at radius 2 is 1.75 bits per heavy atom. The molecule has 4 heteroatoms. The summed E-state index contributed by atoms with van der Waals surface area (Å²) in [5, 5.41) is 2.85. The molecule has 0 aliphatic carbocycles. The average molecular weight is 228 g/mol. The molecule has 0 bridgehead atoms. The number of amides is 2. The maximum absolute atomic E-state index is 11.6. The minimum absolute atomic E-state index is 0.0501. The van der Waals surface area contributed by atoms with Gasteiger partial charge >= 0.3 is 0 Å². The third kappa shape index (κ3) is 6.43. The van der Waals surface area contributed by atoms with Gasteiger partial charge in [0.05, 0.1) is 6.54 Å². The number of hydrogen-bond acceptors (Lipinski definition) is 2. The summed E-state index contributed by atoms with van der Waals surface area (Å²) in [5.41, 5.74) is -0.246. The molecule has 0 heterocycles. The summed E-state index contributed by atoms with van der Waals surface area (Å²) in [4.78, 5) is 24.8. The zero-order chi connectivity index (χ0) is 12.8. The Morgan fingerprint density at radius 1 is 1.19 bits per heavy atom. The quantitative estimate of drug-likeness (QED) is 0.776. The SMILES string of the molecule is CCCC(=O)N(CC)CC(=O)NC(C)(C)C. The van der Waals surface area contributed by atoms with Gasteiger partial charge in [-0.2, -0.15) is 0 Å². The van der Waals surface area contributed by atoms with Crippen LogP contribution in [0.2, 0.25) is 0 Å². The molecule has 0 aliphatic heterocycles. The summed E-state index contributed by atoms with van der Waals surface area (Å²) in [6.45, 7) is 10.4. The van der Waals surface area contributed by atoms with Gasteiger partial charge in [-0.3, -0.25) is 9.59 Å². The summed E-state index contributed by atoms with van der Waals surface area (Å²) >= 11 is 0. The molecule has 2 amide bonds. The van der Waals surface area contributed by atoms with Gasteiger partial charge in [0.1, 0.15) is 0 Å². The van der Waals surface area contributed by atoms with Crippen LogP contribution in [0.25, 0.3) is 0 Å². The number of carbonyl (C=O) groups is 2. The molecule has 94 valence electrons. The van der Waals surface area contributed by atoms with Crippen LogP contribution in [-0.4, -0.2) is 35.3 Å². The van der Waals surface area contributed by atoms with Crippen molar-refractivity contribution in [3.05, 3.63) is 0 Å². The molecule has 0 aromatic heterocycles. The molecular weight excluding hydrogens is 204 g/mol. The van der Waals surface area contributed by atoms with Gasteiger partial charge in [-0.05, 0) is 34.1 Å². The Labute approximate surface area is 98.4 Å². The first kappa shape index (κ1) is 14.9. The van der Waals surface area contributed by atoms with Crippen molar-refractivity contribution in [1.82, 2.24) is 10.2 Å². The van der Waals surface area contributed by atoms with Crippen LogP contribution in [0.15, 0.2) is 0 Å². The van der Waals surface area contributed by atoms with Gasteiger partial charge in [-0.1, -0.05) is 6.92 Å². The van der Waals surface area contributed by atoms with Gasteiger partial charge in [0, 0.05) is 18.5 Å². The highest BCUT2D eigenvalue weighted by atomic mass is 16.2. The predicted molar refractivity (Wildman–Crippen MR) is 65.1 cm³/mol. The predicted octanol–water partition coefficient (Wildman–Crippen LogP) is 1.55. The molecule has 4 nitrogen and oxygen atoms in total. The number of rotatable bonds is 5. The van der Waals surface area contributed by atoms with E-state index in [-0.39, 0.29) is 23.9 Å². The van der Waals surface area contributed by atoms with Crippen LogP contribution in [0.3, 0.4) is 0 Å². The van der Waals surface area contributed by atoms with Gasteiger partial charge < -0.3 is 10.2 Å². The maximum Gasteiger partial charge on any atom is 0.240 e. The summed E-state index contributed by atoms with van der Waals surface area (Å²) in [7, 11) is 0. The van der Waals surface area contributed by atoms with Crippen LogP contribution >= 0.6 is 0 Å². The molecule has 0 aliphatic rings. The molecule has 0 unspecified atom stereocenters. The van der Waals surface area contributed by atoms with E-state index >= 15 is 0 Å². The molecule has 0 saturated heterocycles. The standard InChI is InChI=1S/C12H24N2O2/c1-6-8-11(16)14(7-2)9-10(15)13-12(3,4)5/h6-9H2,1-5H3,(H,13,15). The van der Waals surface area contributed by atoms with Crippen molar-refractivity contribution in [1.29, 1.82) is 0 Å². The first-order valence-corrected chi connectivity index (χ1v) is 5.89. The lowest BCUT2D eigenvalue weighted by molar-refractivity contribution is -0.136. The van der Waals surface area contributed by atoms with Crippen molar-refractivity contribution in [3.63, 3.8) is 0 Å². The van der Waals surface area contributed by atoms with E-state index in [0.717, 1.165) is 6.42 Å². The highest BCUT2D eigenvalue weighted by molar-refractivity contribution is 5.85. The number of hydrogen-bond donors (Lipinski definition) is 1. The van der Waals surface area contributed by atoms with Crippen LogP contribution < -0.4 is 5.32 Å². The van der Waals surface area contributed by atoms with Crippen molar-refractivity contribution in [2.45, 2.75) is 53.0 Å². The summed E-state index contributed by atoms with van der Waals surface area (Å²) < 4.78 is 0. The van der Waals surface area contributed by atoms with Gasteiger partial charge in [0.15, 0.2) is 0 Å². The van der Waals surface area contributed by atoms with Crippen LogP contribution in [0.5, 0.6) is 0 Å². The number of likely N-dealkylation sites (N-methyl/N-ethyl adjacent to an activating group) is 1. The number of carbonyl (C=O) groups excluding carboxylic acids is 2. The Kier molecular flexibility index (Phi) is 6.08. The summed E-state index contributed by atoms with van der Waals surface area (Å²) in [6, 6.07) is 0. The summed E-state index contributed by atoms with van der Waals surface area (Å²) in [5.74, 6) is -0.0483. The second-order valence-electron chi connectivity index (χ2n) is 4.96. The molecular formula is C12H24N2O2. The van der Waals surface area contributed by atoms with Gasteiger partial charge in [-0.25, -0.2) is 0 Å². The zero-order valence-electron chi connectivity index (χ0n) is 11.1.